The molecule has 2 aromatic carbocycles. The lowest BCUT2D eigenvalue weighted by Gasteiger charge is -2.34. The van der Waals surface area contributed by atoms with Gasteiger partial charge in [0.1, 0.15) is 6.54 Å². The quantitative estimate of drug-likeness (QED) is 0.673. The molecule has 2 saturated heterocycles. The molecule has 1 saturated carbocycles. The smallest absolute Gasteiger partial charge is 0.321 e. The van der Waals surface area contributed by atoms with Gasteiger partial charge in [0, 0.05) is 43.5 Å². The van der Waals surface area contributed by atoms with Gasteiger partial charge in [-0.2, -0.15) is 0 Å². The average Bonchev–Trinajstić information content (AvgIpc) is 3.28. The first-order valence-electron chi connectivity index (χ1n) is 13.0. The summed E-state index contributed by atoms with van der Waals surface area (Å²) in [6.07, 6.45) is 5.20. The van der Waals surface area contributed by atoms with Crippen molar-refractivity contribution in [2.75, 3.05) is 37.6 Å². The van der Waals surface area contributed by atoms with Crippen LogP contribution in [0, 0.1) is 0 Å². The van der Waals surface area contributed by atoms with Gasteiger partial charge >= 0.3 is 6.03 Å². The van der Waals surface area contributed by atoms with Crippen LogP contribution in [0.2, 0.25) is 0 Å². The van der Waals surface area contributed by atoms with Crippen molar-refractivity contribution < 1.29 is 19.1 Å². The summed E-state index contributed by atoms with van der Waals surface area (Å²) < 4.78 is 6.30. The zero-order valence-corrected chi connectivity index (χ0v) is 20.6. The number of hydrogen-bond acceptors (Lipinski definition) is 4. The number of nitrogens with zero attached hydrogens (tertiary/aromatic N) is 3. The Kier molecular flexibility index (Phi) is 7.51. The fourth-order valence-electron chi connectivity index (χ4n) is 5.44. The van der Waals surface area contributed by atoms with E-state index >= 15 is 0 Å². The largest absolute Gasteiger partial charge is 0.370 e. The Labute approximate surface area is 212 Å². The standard InChI is InChI=1S/C28H34N4O4/c33-26-19-30(27(34)22-10-7-13-24(16-22)31-15-14-29-28(31)35)17-25(36-20-21-8-3-1-4-9-21)18-32(26)23-11-5-2-6-12-23/h1,3-4,7-10,13,16,23,25H,2,5-6,11-12,14-15,17-20H2,(H,29,35)/t25-/m1/s1. The minimum atomic E-state index is -0.282. The van der Waals surface area contributed by atoms with Crippen LogP contribution in [0.25, 0.3) is 0 Å². The van der Waals surface area contributed by atoms with Gasteiger partial charge in [-0.1, -0.05) is 55.7 Å². The summed E-state index contributed by atoms with van der Waals surface area (Å²) in [4.78, 5) is 44.4. The number of urea groups is 1. The van der Waals surface area contributed by atoms with Gasteiger partial charge in [0.25, 0.3) is 5.91 Å². The van der Waals surface area contributed by atoms with Gasteiger partial charge in [-0.25, -0.2) is 4.79 Å². The Morgan fingerprint density at radius 1 is 0.972 bits per heavy atom. The summed E-state index contributed by atoms with van der Waals surface area (Å²) in [5.74, 6) is -0.236. The van der Waals surface area contributed by atoms with Gasteiger partial charge in [0.05, 0.1) is 12.7 Å². The lowest BCUT2D eigenvalue weighted by molar-refractivity contribution is -0.134. The number of anilines is 1. The minimum Gasteiger partial charge on any atom is -0.370 e. The molecule has 0 spiro atoms. The molecule has 3 aliphatic rings. The van der Waals surface area contributed by atoms with E-state index < -0.39 is 0 Å². The van der Waals surface area contributed by atoms with Gasteiger partial charge < -0.3 is 19.9 Å². The molecule has 2 aromatic rings. The van der Waals surface area contributed by atoms with Crippen molar-refractivity contribution in [3.8, 4) is 0 Å². The Bertz CT molecular complexity index is 1090. The number of rotatable bonds is 6. The van der Waals surface area contributed by atoms with Gasteiger partial charge in [0.2, 0.25) is 5.91 Å². The molecule has 8 heteroatoms. The van der Waals surface area contributed by atoms with Crippen LogP contribution in [0.3, 0.4) is 0 Å². The molecule has 5 rings (SSSR count). The molecule has 0 radical (unpaired) electrons. The fourth-order valence-corrected chi connectivity index (χ4v) is 5.44. The highest BCUT2D eigenvalue weighted by atomic mass is 16.5. The molecule has 4 amide bonds. The van der Waals surface area contributed by atoms with E-state index in [1.807, 2.05) is 41.3 Å². The number of benzene rings is 2. The first-order valence-corrected chi connectivity index (χ1v) is 13.0. The molecule has 1 atom stereocenters. The third-order valence-electron chi connectivity index (χ3n) is 7.36. The van der Waals surface area contributed by atoms with Crippen molar-refractivity contribution >= 4 is 23.5 Å². The zero-order valence-electron chi connectivity index (χ0n) is 20.6. The lowest BCUT2D eigenvalue weighted by Crippen LogP contribution is -2.46. The first-order chi connectivity index (χ1) is 17.6. The van der Waals surface area contributed by atoms with E-state index in [0.717, 1.165) is 31.2 Å². The predicted molar refractivity (Wildman–Crippen MR) is 137 cm³/mol. The predicted octanol–water partition coefficient (Wildman–Crippen LogP) is 3.42. The molecule has 190 valence electrons. The maximum atomic E-state index is 13.6. The molecular formula is C28H34N4O4. The van der Waals surface area contributed by atoms with E-state index in [1.54, 1.807) is 28.0 Å². The number of ether oxygens (including phenoxy) is 1. The lowest BCUT2D eigenvalue weighted by atomic mass is 9.94. The SMILES string of the molecule is O=C(c1cccc(N2CCNC2=O)c1)N1CC(=O)N(C2CCCCC2)C[C@H](OCc2ccccc2)C1. The van der Waals surface area contributed by atoms with Crippen LogP contribution in [-0.4, -0.2) is 72.5 Å². The maximum absolute atomic E-state index is 13.6. The van der Waals surface area contributed by atoms with Crippen LogP contribution in [-0.2, 0) is 16.1 Å². The molecule has 0 aromatic heterocycles. The van der Waals surface area contributed by atoms with E-state index in [9.17, 15) is 14.4 Å². The number of hydrogen-bond donors (Lipinski definition) is 1. The van der Waals surface area contributed by atoms with Gasteiger partial charge in [-0.05, 0) is 36.6 Å². The summed E-state index contributed by atoms with van der Waals surface area (Å²) in [7, 11) is 0. The highest BCUT2D eigenvalue weighted by Crippen LogP contribution is 2.26. The monoisotopic (exact) mass is 490 g/mol. The number of amides is 4. The Morgan fingerprint density at radius 3 is 2.53 bits per heavy atom. The second kappa shape index (κ2) is 11.1. The molecule has 1 aliphatic carbocycles. The van der Waals surface area contributed by atoms with Crippen molar-refractivity contribution in [3.63, 3.8) is 0 Å². The molecule has 1 N–H and O–H groups in total. The van der Waals surface area contributed by atoms with E-state index in [1.165, 1.54) is 6.42 Å². The van der Waals surface area contributed by atoms with Crippen LogP contribution < -0.4 is 10.2 Å². The van der Waals surface area contributed by atoms with E-state index in [-0.39, 0.29) is 36.5 Å². The Morgan fingerprint density at radius 2 is 1.78 bits per heavy atom. The molecule has 36 heavy (non-hydrogen) atoms. The van der Waals surface area contributed by atoms with Crippen molar-refractivity contribution in [1.82, 2.24) is 15.1 Å². The summed E-state index contributed by atoms with van der Waals surface area (Å²) in [6, 6.07) is 17.1. The average molecular weight is 491 g/mol. The number of nitrogens with one attached hydrogen (secondary N) is 1. The van der Waals surface area contributed by atoms with Crippen LogP contribution >= 0.6 is 0 Å². The normalized spacial score (nSPS) is 21.4. The molecule has 0 bridgehead atoms. The molecule has 0 unspecified atom stereocenters. The van der Waals surface area contributed by atoms with E-state index in [0.29, 0.717) is 44.0 Å². The third-order valence-corrected chi connectivity index (χ3v) is 7.36. The first kappa shape index (κ1) is 24.3. The van der Waals surface area contributed by atoms with Crippen LogP contribution in [0.5, 0.6) is 0 Å². The zero-order chi connectivity index (χ0) is 24.9. The maximum Gasteiger partial charge on any atom is 0.321 e. The summed E-state index contributed by atoms with van der Waals surface area (Å²) in [6.45, 7) is 2.44. The number of carbonyl (C=O) groups excluding carboxylic acids is 3. The van der Waals surface area contributed by atoms with Crippen molar-refractivity contribution in [1.29, 1.82) is 0 Å². The Hall–Kier alpha value is -3.39. The van der Waals surface area contributed by atoms with Crippen LogP contribution in [0.1, 0.15) is 48.0 Å². The van der Waals surface area contributed by atoms with Gasteiger partial charge in [0.15, 0.2) is 0 Å². The highest BCUT2D eigenvalue weighted by Gasteiger charge is 2.35. The summed E-state index contributed by atoms with van der Waals surface area (Å²) >= 11 is 0. The summed E-state index contributed by atoms with van der Waals surface area (Å²) in [5, 5.41) is 2.79. The summed E-state index contributed by atoms with van der Waals surface area (Å²) in [5.41, 5.74) is 2.21. The Balaban J connectivity index is 1.35. The molecule has 2 heterocycles. The second-order valence-corrected chi connectivity index (χ2v) is 9.88. The van der Waals surface area contributed by atoms with Crippen LogP contribution in [0.4, 0.5) is 10.5 Å². The van der Waals surface area contributed by atoms with Gasteiger partial charge in [-0.3, -0.25) is 14.5 Å². The topological polar surface area (TPSA) is 82.2 Å². The van der Waals surface area contributed by atoms with E-state index in [4.69, 9.17) is 4.74 Å². The van der Waals surface area contributed by atoms with Crippen molar-refractivity contribution in [2.24, 2.45) is 0 Å². The molecule has 3 fully saturated rings. The second-order valence-electron chi connectivity index (χ2n) is 9.88. The minimum absolute atomic E-state index is 0.0175. The number of carbonyl (C=O) groups is 3. The fraction of sp³-hybridized carbons (Fsp3) is 0.464. The van der Waals surface area contributed by atoms with Gasteiger partial charge in [-0.15, -0.1) is 0 Å². The highest BCUT2D eigenvalue weighted by molar-refractivity contribution is 5.99. The third kappa shape index (κ3) is 5.54. The van der Waals surface area contributed by atoms with E-state index in [2.05, 4.69) is 5.32 Å². The van der Waals surface area contributed by atoms with Crippen molar-refractivity contribution in [3.05, 3.63) is 65.7 Å². The molecule has 8 nitrogen and oxygen atoms in total. The van der Waals surface area contributed by atoms with Crippen LogP contribution in [0.15, 0.2) is 54.6 Å². The van der Waals surface area contributed by atoms with Crippen molar-refractivity contribution in [2.45, 2.75) is 50.9 Å². The molecular weight excluding hydrogens is 456 g/mol. The molecule has 2 aliphatic heterocycles.